The molecule has 7 nitrogen and oxygen atoms in total. The highest BCUT2D eigenvalue weighted by atomic mass is 32.2. The van der Waals surface area contributed by atoms with E-state index in [0.29, 0.717) is 25.2 Å². The number of amides is 1. The van der Waals surface area contributed by atoms with E-state index in [4.69, 9.17) is 0 Å². The lowest BCUT2D eigenvalue weighted by atomic mass is 10.3. The number of nitrogens with one attached hydrogen (secondary N) is 2. The molecule has 1 aromatic rings. The van der Waals surface area contributed by atoms with E-state index >= 15 is 0 Å². The molecule has 8 heteroatoms. The third kappa shape index (κ3) is 3.13. The van der Waals surface area contributed by atoms with Gasteiger partial charge >= 0.3 is 0 Å². The van der Waals surface area contributed by atoms with Gasteiger partial charge in [-0.25, -0.2) is 13.1 Å². The Labute approximate surface area is 112 Å². The lowest BCUT2D eigenvalue weighted by Gasteiger charge is -2.21. The Bertz CT molecular complexity index is 566. The van der Waals surface area contributed by atoms with Gasteiger partial charge in [-0.1, -0.05) is 0 Å². The average molecular weight is 286 g/mol. The summed E-state index contributed by atoms with van der Waals surface area (Å²) in [5.41, 5.74) is 0.497. The molecule has 1 saturated heterocycles. The molecule has 106 valence electrons. The van der Waals surface area contributed by atoms with Crippen molar-refractivity contribution < 1.29 is 13.2 Å². The second-order valence-electron chi connectivity index (χ2n) is 4.82. The summed E-state index contributed by atoms with van der Waals surface area (Å²) in [7, 11) is -3.59. The largest absolute Gasteiger partial charge is 0.341 e. The molecule has 2 heterocycles. The van der Waals surface area contributed by atoms with Crippen LogP contribution in [0.25, 0.3) is 0 Å². The van der Waals surface area contributed by atoms with E-state index in [1.807, 2.05) is 0 Å². The maximum Gasteiger partial charge on any atom is 0.244 e. The highest BCUT2D eigenvalue weighted by Gasteiger charge is 2.25. The molecule has 0 saturated carbocycles. The summed E-state index contributed by atoms with van der Waals surface area (Å²) in [5, 5.41) is 6.30. The third-order valence-electron chi connectivity index (χ3n) is 3.10. The summed E-state index contributed by atoms with van der Waals surface area (Å²) in [6.07, 6.45) is 2.69. The fraction of sp³-hybridized carbons (Fsp3) is 0.636. The number of H-pyrrole nitrogens is 1. The van der Waals surface area contributed by atoms with Crippen LogP contribution < -0.4 is 4.72 Å². The van der Waals surface area contributed by atoms with Crippen molar-refractivity contribution >= 4 is 15.9 Å². The summed E-state index contributed by atoms with van der Waals surface area (Å²) in [5.74, 6) is 0.0885. The Morgan fingerprint density at radius 1 is 1.58 bits per heavy atom. The number of hydrogen-bond donors (Lipinski definition) is 2. The predicted molar refractivity (Wildman–Crippen MR) is 68.9 cm³/mol. The van der Waals surface area contributed by atoms with Crippen molar-refractivity contribution in [2.75, 3.05) is 13.1 Å². The molecule has 1 atom stereocenters. The van der Waals surface area contributed by atoms with Crippen LogP contribution in [-0.4, -0.2) is 48.6 Å². The van der Waals surface area contributed by atoms with Crippen LogP contribution in [0.4, 0.5) is 0 Å². The number of aromatic amines is 1. The standard InChI is InChI=1S/C11H18N4O3S/c1-8(7-15-5-3-4-11(15)16)14-19(17,18)10-6-12-13-9(10)2/h6,8,14H,3-5,7H2,1-2H3,(H,12,13). The van der Waals surface area contributed by atoms with Gasteiger partial charge in [0.2, 0.25) is 15.9 Å². The first-order chi connectivity index (χ1) is 8.90. The number of aryl methyl sites for hydroxylation is 1. The van der Waals surface area contributed by atoms with E-state index in [0.717, 1.165) is 6.42 Å². The molecule has 0 aromatic carbocycles. The number of aromatic nitrogens is 2. The Hall–Kier alpha value is -1.41. The van der Waals surface area contributed by atoms with Gasteiger partial charge in [-0.2, -0.15) is 5.10 Å². The van der Waals surface area contributed by atoms with Crippen LogP contribution >= 0.6 is 0 Å². The zero-order valence-electron chi connectivity index (χ0n) is 11.0. The predicted octanol–water partition coefficient (Wildman–Crippen LogP) is 0.00732. The molecule has 0 bridgehead atoms. The van der Waals surface area contributed by atoms with E-state index in [2.05, 4.69) is 14.9 Å². The third-order valence-corrected chi connectivity index (χ3v) is 4.80. The summed E-state index contributed by atoms with van der Waals surface area (Å²) in [6, 6.07) is -0.332. The monoisotopic (exact) mass is 286 g/mol. The SMILES string of the molecule is Cc1[nH]ncc1S(=O)(=O)NC(C)CN1CCCC1=O. The molecule has 1 fully saturated rings. The van der Waals surface area contributed by atoms with E-state index in [9.17, 15) is 13.2 Å². The second kappa shape index (κ2) is 5.30. The first-order valence-electron chi connectivity index (χ1n) is 6.20. The highest BCUT2D eigenvalue weighted by molar-refractivity contribution is 7.89. The van der Waals surface area contributed by atoms with Crippen LogP contribution in [0.1, 0.15) is 25.5 Å². The van der Waals surface area contributed by atoms with Gasteiger partial charge in [-0.15, -0.1) is 0 Å². The molecule has 1 aliphatic heterocycles. The molecule has 2 rings (SSSR count). The fourth-order valence-electron chi connectivity index (χ4n) is 2.20. The number of carbonyl (C=O) groups is 1. The van der Waals surface area contributed by atoms with Crippen molar-refractivity contribution in [1.29, 1.82) is 0 Å². The van der Waals surface area contributed by atoms with Crippen molar-refractivity contribution in [1.82, 2.24) is 19.8 Å². The van der Waals surface area contributed by atoms with Gasteiger partial charge in [-0.05, 0) is 20.3 Å². The maximum atomic E-state index is 12.1. The van der Waals surface area contributed by atoms with E-state index in [-0.39, 0.29) is 16.8 Å². The lowest BCUT2D eigenvalue weighted by Crippen LogP contribution is -2.42. The lowest BCUT2D eigenvalue weighted by molar-refractivity contribution is -0.127. The molecule has 19 heavy (non-hydrogen) atoms. The Morgan fingerprint density at radius 3 is 2.84 bits per heavy atom. The summed E-state index contributed by atoms with van der Waals surface area (Å²) < 4.78 is 26.8. The summed E-state index contributed by atoms with van der Waals surface area (Å²) >= 11 is 0. The van der Waals surface area contributed by atoms with Gasteiger partial charge < -0.3 is 4.90 Å². The van der Waals surface area contributed by atoms with E-state index in [1.54, 1.807) is 18.7 Å². The van der Waals surface area contributed by atoms with Crippen molar-refractivity contribution in [2.24, 2.45) is 0 Å². The van der Waals surface area contributed by atoms with Gasteiger partial charge in [0.05, 0.1) is 11.9 Å². The zero-order valence-corrected chi connectivity index (χ0v) is 11.8. The minimum Gasteiger partial charge on any atom is -0.341 e. The molecule has 1 amide bonds. The molecule has 0 radical (unpaired) electrons. The smallest absolute Gasteiger partial charge is 0.244 e. The number of sulfonamides is 1. The van der Waals surface area contributed by atoms with Crippen LogP contribution in [0.15, 0.2) is 11.1 Å². The molecule has 1 aliphatic rings. The molecular weight excluding hydrogens is 268 g/mol. The molecule has 0 spiro atoms. The fourth-order valence-corrected chi connectivity index (χ4v) is 3.58. The number of carbonyl (C=O) groups excluding carboxylic acids is 1. The number of likely N-dealkylation sites (tertiary alicyclic amines) is 1. The quantitative estimate of drug-likeness (QED) is 0.797. The topological polar surface area (TPSA) is 95.2 Å². The number of rotatable bonds is 5. The van der Waals surface area contributed by atoms with Crippen LogP contribution in [-0.2, 0) is 14.8 Å². The van der Waals surface area contributed by atoms with Crippen molar-refractivity contribution in [3.8, 4) is 0 Å². The first kappa shape index (κ1) is 14.0. The molecule has 2 N–H and O–H groups in total. The normalized spacial score (nSPS) is 18.0. The molecular formula is C11H18N4O3S. The molecule has 0 aliphatic carbocycles. The second-order valence-corrected chi connectivity index (χ2v) is 6.51. The van der Waals surface area contributed by atoms with Gasteiger partial charge in [0.25, 0.3) is 0 Å². The van der Waals surface area contributed by atoms with Crippen LogP contribution in [0, 0.1) is 6.92 Å². The molecule has 1 aromatic heterocycles. The first-order valence-corrected chi connectivity index (χ1v) is 7.68. The Kier molecular flexibility index (Phi) is 3.91. The van der Waals surface area contributed by atoms with Crippen LogP contribution in [0.3, 0.4) is 0 Å². The van der Waals surface area contributed by atoms with E-state index in [1.165, 1.54) is 6.20 Å². The van der Waals surface area contributed by atoms with E-state index < -0.39 is 10.0 Å². The van der Waals surface area contributed by atoms with Gasteiger partial charge in [0, 0.05) is 25.6 Å². The summed E-state index contributed by atoms with van der Waals surface area (Å²) in [6.45, 7) is 4.50. The Morgan fingerprint density at radius 2 is 2.32 bits per heavy atom. The van der Waals surface area contributed by atoms with Crippen LogP contribution in [0.5, 0.6) is 0 Å². The van der Waals surface area contributed by atoms with Crippen molar-refractivity contribution in [3.05, 3.63) is 11.9 Å². The summed E-state index contributed by atoms with van der Waals surface area (Å²) in [4.78, 5) is 13.3. The minimum atomic E-state index is -3.59. The van der Waals surface area contributed by atoms with Gasteiger partial charge in [-0.3, -0.25) is 9.89 Å². The van der Waals surface area contributed by atoms with Crippen LogP contribution in [0.2, 0.25) is 0 Å². The Balaban J connectivity index is 2.00. The minimum absolute atomic E-state index is 0.0885. The van der Waals surface area contributed by atoms with Gasteiger partial charge in [0.1, 0.15) is 4.90 Å². The van der Waals surface area contributed by atoms with Crippen molar-refractivity contribution in [2.45, 2.75) is 37.6 Å². The maximum absolute atomic E-state index is 12.1. The average Bonchev–Trinajstić information content (AvgIpc) is 2.88. The zero-order chi connectivity index (χ0) is 14.0. The number of hydrogen-bond acceptors (Lipinski definition) is 4. The number of nitrogens with zero attached hydrogens (tertiary/aromatic N) is 2. The van der Waals surface area contributed by atoms with Gasteiger partial charge in [0.15, 0.2) is 0 Å². The molecule has 1 unspecified atom stereocenters. The van der Waals surface area contributed by atoms with Crippen molar-refractivity contribution in [3.63, 3.8) is 0 Å². The highest BCUT2D eigenvalue weighted by Crippen LogP contribution is 2.13.